The third-order valence-corrected chi connectivity index (χ3v) is 5.31. The first-order valence-electron chi connectivity index (χ1n) is 8.08. The van der Waals surface area contributed by atoms with Crippen molar-refractivity contribution >= 4 is 34.0 Å². The average Bonchev–Trinajstić information content (AvgIpc) is 2.61. The van der Waals surface area contributed by atoms with E-state index in [-0.39, 0.29) is 40.5 Å². The summed E-state index contributed by atoms with van der Waals surface area (Å²) in [5, 5.41) is 5.75. The summed E-state index contributed by atoms with van der Waals surface area (Å²) >= 11 is 0. The number of benzene rings is 2. The molecule has 9 heteroatoms. The number of carbonyl (C=O) groups is 1. The van der Waals surface area contributed by atoms with Crippen molar-refractivity contribution in [2.24, 2.45) is 0 Å². The largest absolute Gasteiger partial charge is 0.350 e. The highest BCUT2D eigenvalue weighted by atomic mass is 35.5. The molecule has 2 aromatic carbocycles. The number of hydrogen-bond acceptors (Lipinski definition) is 4. The van der Waals surface area contributed by atoms with Gasteiger partial charge in [-0.2, -0.15) is 0 Å². The lowest BCUT2D eigenvalue weighted by molar-refractivity contribution is 0.0949. The molecule has 0 bridgehead atoms. The molecule has 1 atom stereocenters. The molecule has 2 rings (SSSR count). The van der Waals surface area contributed by atoms with E-state index in [2.05, 4.69) is 15.4 Å². The second-order valence-electron chi connectivity index (χ2n) is 5.96. The Balaban J connectivity index is 0.00000364. The van der Waals surface area contributed by atoms with Crippen LogP contribution in [0.2, 0.25) is 0 Å². The lowest BCUT2D eigenvalue weighted by atomic mass is 10.1. The van der Waals surface area contributed by atoms with Crippen molar-refractivity contribution in [1.29, 1.82) is 0 Å². The van der Waals surface area contributed by atoms with Crippen molar-refractivity contribution in [3.8, 4) is 0 Å². The molecule has 3 N–H and O–H groups in total. The van der Waals surface area contributed by atoms with E-state index in [9.17, 15) is 17.6 Å². The van der Waals surface area contributed by atoms with Crippen LogP contribution < -0.4 is 15.4 Å². The number of sulfonamides is 1. The summed E-state index contributed by atoms with van der Waals surface area (Å²) in [4.78, 5) is 12.3. The third kappa shape index (κ3) is 5.92. The van der Waals surface area contributed by atoms with Gasteiger partial charge in [-0.25, -0.2) is 12.8 Å². The number of rotatable bonds is 7. The van der Waals surface area contributed by atoms with Gasteiger partial charge in [-0.05, 0) is 50.7 Å². The number of amides is 1. The molecule has 0 heterocycles. The van der Waals surface area contributed by atoms with Gasteiger partial charge in [-0.15, -0.1) is 12.4 Å². The Hall–Kier alpha value is -2.16. The van der Waals surface area contributed by atoms with Crippen LogP contribution in [0.3, 0.4) is 0 Å². The molecule has 27 heavy (non-hydrogen) atoms. The van der Waals surface area contributed by atoms with Crippen LogP contribution in [0, 0.1) is 12.7 Å². The van der Waals surface area contributed by atoms with Crippen molar-refractivity contribution < 1.29 is 17.6 Å². The van der Waals surface area contributed by atoms with E-state index >= 15 is 0 Å². The SMILES string of the molecule is CNC(C)CNC(=O)c1cc(S(=O)(=O)Nc2ccccc2F)ccc1C.Cl. The van der Waals surface area contributed by atoms with Crippen LogP contribution in [0.1, 0.15) is 22.8 Å². The predicted octanol–water partition coefficient (Wildman–Crippen LogP) is 2.69. The quantitative estimate of drug-likeness (QED) is 0.648. The highest BCUT2D eigenvalue weighted by Gasteiger charge is 2.19. The molecule has 6 nitrogen and oxygen atoms in total. The smallest absolute Gasteiger partial charge is 0.262 e. The minimum absolute atomic E-state index is 0. The topological polar surface area (TPSA) is 87.3 Å². The maximum absolute atomic E-state index is 13.7. The van der Waals surface area contributed by atoms with Gasteiger partial charge in [0.05, 0.1) is 10.6 Å². The fourth-order valence-corrected chi connectivity index (χ4v) is 3.30. The predicted molar refractivity (Wildman–Crippen MR) is 106 cm³/mol. The minimum atomic E-state index is -4.03. The van der Waals surface area contributed by atoms with Gasteiger partial charge >= 0.3 is 0 Å². The number of hydrogen-bond donors (Lipinski definition) is 3. The molecule has 1 unspecified atom stereocenters. The molecule has 0 saturated heterocycles. The normalized spacial score (nSPS) is 12.0. The van der Waals surface area contributed by atoms with Crippen molar-refractivity contribution in [2.45, 2.75) is 24.8 Å². The molecule has 0 aliphatic rings. The first-order chi connectivity index (χ1) is 12.2. The van der Waals surface area contributed by atoms with E-state index in [1.54, 1.807) is 20.0 Å². The number of para-hydroxylation sites is 1. The van der Waals surface area contributed by atoms with E-state index in [0.29, 0.717) is 12.1 Å². The van der Waals surface area contributed by atoms with Gasteiger partial charge in [-0.3, -0.25) is 9.52 Å². The van der Waals surface area contributed by atoms with Crippen molar-refractivity contribution in [3.05, 3.63) is 59.4 Å². The van der Waals surface area contributed by atoms with E-state index in [1.807, 2.05) is 6.92 Å². The maximum atomic E-state index is 13.7. The van der Waals surface area contributed by atoms with E-state index in [0.717, 1.165) is 6.07 Å². The monoisotopic (exact) mass is 415 g/mol. The van der Waals surface area contributed by atoms with Gasteiger partial charge in [0.2, 0.25) is 0 Å². The second kappa shape index (κ2) is 9.68. The van der Waals surface area contributed by atoms with Crippen LogP contribution in [0.15, 0.2) is 47.4 Å². The van der Waals surface area contributed by atoms with Gasteiger partial charge < -0.3 is 10.6 Å². The van der Waals surface area contributed by atoms with Gasteiger partial charge in [0.25, 0.3) is 15.9 Å². The Bertz CT molecular complexity index is 906. The lowest BCUT2D eigenvalue weighted by Gasteiger charge is -2.14. The molecule has 0 aliphatic carbocycles. The Kier molecular flexibility index (Phi) is 8.20. The zero-order valence-corrected chi connectivity index (χ0v) is 16.9. The number of carbonyl (C=O) groups excluding carboxylic acids is 1. The molecule has 0 aromatic heterocycles. The van der Waals surface area contributed by atoms with Crippen LogP contribution in [0.4, 0.5) is 10.1 Å². The molecular weight excluding hydrogens is 393 g/mol. The average molecular weight is 416 g/mol. The van der Waals surface area contributed by atoms with Crippen LogP contribution >= 0.6 is 12.4 Å². The van der Waals surface area contributed by atoms with Crippen molar-refractivity contribution in [2.75, 3.05) is 18.3 Å². The minimum Gasteiger partial charge on any atom is -0.350 e. The number of halogens is 2. The fourth-order valence-electron chi connectivity index (χ4n) is 2.20. The van der Waals surface area contributed by atoms with E-state index in [1.165, 1.54) is 30.3 Å². The molecule has 0 aliphatic heterocycles. The highest BCUT2D eigenvalue weighted by molar-refractivity contribution is 7.92. The summed E-state index contributed by atoms with van der Waals surface area (Å²) < 4.78 is 41.0. The van der Waals surface area contributed by atoms with Gasteiger partial charge in [0.15, 0.2) is 0 Å². The first kappa shape index (κ1) is 22.9. The van der Waals surface area contributed by atoms with Crippen LogP contribution in [-0.4, -0.2) is 34.0 Å². The Morgan fingerprint density at radius 3 is 2.48 bits per heavy atom. The molecule has 0 saturated carbocycles. The molecule has 148 valence electrons. The van der Waals surface area contributed by atoms with E-state index < -0.39 is 15.8 Å². The number of likely N-dealkylation sites (N-methyl/N-ethyl adjacent to an activating group) is 1. The van der Waals surface area contributed by atoms with Gasteiger partial charge in [-0.1, -0.05) is 18.2 Å². The van der Waals surface area contributed by atoms with Crippen molar-refractivity contribution in [3.63, 3.8) is 0 Å². The van der Waals surface area contributed by atoms with Gasteiger partial charge in [0.1, 0.15) is 5.82 Å². The number of nitrogens with one attached hydrogen (secondary N) is 3. The third-order valence-electron chi connectivity index (χ3n) is 3.94. The Morgan fingerprint density at radius 1 is 1.19 bits per heavy atom. The molecule has 2 aromatic rings. The summed E-state index contributed by atoms with van der Waals surface area (Å²) in [7, 11) is -2.25. The van der Waals surface area contributed by atoms with Crippen LogP contribution in [-0.2, 0) is 10.0 Å². The summed E-state index contributed by atoms with van der Waals surface area (Å²) in [6.45, 7) is 4.03. The second-order valence-corrected chi connectivity index (χ2v) is 7.64. The van der Waals surface area contributed by atoms with Gasteiger partial charge in [0, 0.05) is 18.2 Å². The molecule has 1 amide bonds. The van der Waals surface area contributed by atoms with Crippen LogP contribution in [0.5, 0.6) is 0 Å². The maximum Gasteiger partial charge on any atom is 0.262 e. The lowest BCUT2D eigenvalue weighted by Crippen LogP contribution is -2.37. The number of anilines is 1. The molecule has 0 radical (unpaired) electrons. The standard InChI is InChI=1S/C18H22FN3O3S.ClH/c1-12-8-9-14(10-15(12)18(23)21-11-13(2)20-3)26(24,25)22-17-7-5-4-6-16(17)19;/h4-10,13,20,22H,11H2,1-3H3,(H,21,23);1H. The molecule has 0 fully saturated rings. The first-order valence-corrected chi connectivity index (χ1v) is 9.56. The number of aryl methyl sites for hydroxylation is 1. The Morgan fingerprint density at radius 2 is 1.85 bits per heavy atom. The highest BCUT2D eigenvalue weighted by Crippen LogP contribution is 2.21. The molecule has 0 spiro atoms. The summed E-state index contributed by atoms with van der Waals surface area (Å²) in [6.07, 6.45) is 0. The van der Waals surface area contributed by atoms with Crippen molar-refractivity contribution in [1.82, 2.24) is 10.6 Å². The summed E-state index contributed by atoms with van der Waals surface area (Å²) in [5.41, 5.74) is 0.746. The zero-order chi connectivity index (χ0) is 19.3. The van der Waals surface area contributed by atoms with Crippen LogP contribution in [0.25, 0.3) is 0 Å². The summed E-state index contributed by atoms with van der Waals surface area (Å²) in [6, 6.07) is 9.78. The fraction of sp³-hybridized carbons (Fsp3) is 0.278. The Labute approximate surface area is 165 Å². The summed E-state index contributed by atoms with van der Waals surface area (Å²) in [5.74, 6) is -1.05. The molecular formula is C18H23ClFN3O3S. The van der Waals surface area contributed by atoms with E-state index in [4.69, 9.17) is 0 Å². The zero-order valence-electron chi connectivity index (χ0n) is 15.2.